The average molecular weight is 265 g/mol. The molecule has 100 valence electrons. The van der Waals surface area contributed by atoms with Crippen LogP contribution < -0.4 is 5.32 Å². The highest BCUT2D eigenvalue weighted by Gasteiger charge is 2.38. The molecule has 0 aliphatic heterocycles. The molecule has 19 heavy (non-hydrogen) atoms. The van der Waals surface area contributed by atoms with Gasteiger partial charge in [-0.3, -0.25) is 0 Å². The number of aliphatic hydroxyl groups is 1. The Balaban J connectivity index is 2.43. The van der Waals surface area contributed by atoms with Crippen molar-refractivity contribution in [3.05, 3.63) is 36.1 Å². The lowest BCUT2D eigenvalue weighted by Crippen LogP contribution is -2.52. The van der Waals surface area contributed by atoms with Gasteiger partial charge >= 0.3 is 0 Å². The highest BCUT2D eigenvalue weighted by atomic mass is 19.1. The molecule has 2 rings (SSSR count). The molecule has 0 saturated carbocycles. The lowest BCUT2D eigenvalue weighted by Gasteiger charge is -2.33. The second-order valence-electron chi connectivity index (χ2n) is 4.35. The summed E-state index contributed by atoms with van der Waals surface area (Å²) in [5.41, 5.74) is -1.22. The fraction of sp³-hybridized carbons (Fsp3) is 0.385. The molecule has 0 bridgehead atoms. The van der Waals surface area contributed by atoms with E-state index in [9.17, 15) is 13.9 Å². The maximum atomic E-state index is 13.3. The highest BCUT2D eigenvalue weighted by molar-refractivity contribution is 6.08. The number of halogens is 2. The molecule has 2 atom stereocenters. The summed E-state index contributed by atoms with van der Waals surface area (Å²) in [6.45, 7) is -2.06. The van der Waals surface area contributed by atoms with Gasteiger partial charge in [0.25, 0.3) is 0 Å². The van der Waals surface area contributed by atoms with Gasteiger partial charge in [-0.25, -0.2) is 8.78 Å². The Kier molecular flexibility index (Phi) is 4.22. The second kappa shape index (κ2) is 5.71. The molecule has 6 heteroatoms. The van der Waals surface area contributed by atoms with Crippen molar-refractivity contribution in [1.82, 2.24) is 5.32 Å². The molecule has 3 nitrogen and oxygen atoms in total. The summed E-state index contributed by atoms with van der Waals surface area (Å²) < 4.78 is 31.5. The number of rotatable bonds is 6. The second-order valence-corrected chi connectivity index (χ2v) is 4.35. The van der Waals surface area contributed by atoms with Crippen LogP contribution in [-0.4, -0.2) is 38.8 Å². The summed E-state index contributed by atoms with van der Waals surface area (Å²) in [5.74, 6) is 0. The van der Waals surface area contributed by atoms with Crippen molar-refractivity contribution in [3.8, 4) is 0 Å². The number of nitrogens with one attached hydrogen (secondary N) is 1. The normalized spacial score (nSPS) is 16.4. The minimum atomic E-state index is -1.98. The minimum absolute atomic E-state index is 0.0557. The van der Waals surface area contributed by atoms with Crippen LogP contribution in [-0.2, 0) is 5.60 Å². The van der Waals surface area contributed by atoms with Gasteiger partial charge in [-0.05, 0) is 24.1 Å². The summed E-state index contributed by atoms with van der Waals surface area (Å²) in [6.07, 6.45) is 1.44. The molecule has 2 aromatic rings. The van der Waals surface area contributed by atoms with E-state index >= 15 is 0 Å². The largest absolute Gasteiger partial charge is 0.464 e. The molecule has 0 aliphatic rings. The van der Waals surface area contributed by atoms with E-state index in [1.165, 1.54) is 12.3 Å². The van der Waals surface area contributed by atoms with Gasteiger partial charge in [-0.15, -0.1) is 0 Å². The average Bonchev–Trinajstić information content (AvgIpc) is 2.91. The van der Waals surface area contributed by atoms with Gasteiger partial charge in [-0.1, -0.05) is 12.1 Å². The molecule has 0 amide bonds. The van der Waals surface area contributed by atoms with Crippen LogP contribution in [0.4, 0.5) is 8.78 Å². The van der Waals surface area contributed by atoms with E-state index in [4.69, 9.17) is 12.3 Å². The molecule has 0 saturated heterocycles. The van der Waals surface area contributed by atoms with Crippen molar-refractivity contribution in [2.24, 2.45) is 0 Å². The molecule has 2 unspecified atom stereocenters. The van der Waals surface area contributed by atoms with E-state index in [0.717, 1.165) is 5.39 Å². The zero-order valence-corrected chi connectivity index (χ0v) is 10.3. The first-order valence-electron chi connectivity index (χ1n) is 5.91. The van der Waals surface area contributed by atoms with E-state index in [-0.39, 0.29) is 12.0 Å². The van der Waals surface area contributed by atoms with Crippen LogP contribution in [0.2, 0.25) is 0 Å². The fourth-order valence-electron chi connectivity index (χ4n) is 2.09. The maximum absolute atomic E-state index is 13.3. The molecule has 0 aliphatic carbocycles. The van der Waals surface area contributed by atoms with Crippen LogP contribution in [0.3, 0.4) is 0 Å². The van der Waals surface area contributed by atoms with E-state index in [1.54, 1.807) is 18.2 Å². The van der Waals surface area contributed by atoms with E-state index < -0.39 is 25.0 Å². The third kappa shape index (κ3) is 2.50. The minimum Gasteiger partial charge on any atom is -0.464 e. The molecular formula is C13H14BF2NO2. The number of furan rings is 1. The van der Waals surface area contributed by atoms with Crippen LogP contribution in [0, 0.1) is 0 Å². The van der Waals surface area contributed by atoms with E-state index in [0.29, 0.717) is 5.58 Å². The van der Waals surface area contributed by atoms with Crippen LogP contribution in [0.5, 0.6) is 0 Å². The van der Waals surface area contributed by atoms with Gasteiger partial charge < -0.3 is 14.8 Å². The number of benzene rings is 1. The van der Waals surface area contributed by atoms with Crippen LogP contribution in [0.1, 0.15) is 5.56 Å². The third-order valence-electron chi connectivity index (χ3n) is 3.25. The Morgan fingerprint density at radius 2 is 2.16 bits per heavy atom. The van der Waals surface area contributed by atoms with Crippen molar-refractivity contribution in [3.63, 3.8) is 0 Å². The smallest absolute Gasteiger partial charge is 0.136 e. The summed E-state index contributed by atoms with van der Waals surface area (Å²) in [5, 5.41) is 13.8. The monoisotopic (exact) mass is 265 g/mol. The van der Waals surface area contributed by atoms with Crippen molar-refractivity contribution in [2.45, 2.75) is 11.6 Å². The van der Waals surface area contributed by atoms with Gasteiger partial charge in [0.2, 0.25) is 0 Å². The van der Waals surface area contributed by atoms with E-state index in [2.05, 4.69) is 5.32 Å². The number of hydrogen-bond donors (Lipinski definition) is 2. The standard InChI is InChI=1S/C13H14BF2NO2/c14-8-17-12(6-15)13(18,7-16)10-2-1-9-3-4-19-11(9)5-10/h1-5,12,17-18H,6-8H2. The first kappa shape index (κ1) is 14.0. The molecule has 2 N–H and O–H groups in total. The Morgan fingerprint density at radius 1 is 1.37 bits per heavy atom. The Hall–Kier alpha value is -1.40. The molecule has 1 aromatic heterocycles. The first-order valence-corrected chi connectivity index (χ1v) is 5.91. The van der Waals surface area contributed by atoms with Crippen molar-refractivity contribution in [2.75, 3.05) is 19.8 Å². The highest BCUT2D eigenvalue weighted by Crippen LogP contribution is 2.29. The predicted octanol–water partition coefficient (Wildman–Crippen LogP) is 1.64. The quantitative estimate of drug-likeness (QED) is 0.780. The molecule has 2 radical (unpaired) electrons. The fourth-order valence-corrected chi connectivity index (χ4v) is 2.09. The predicted molar refractivity (Wildman–Crippen MR) is 69.6 cm³/mol. The number of hydrogen-bond acceptors (Lipinski definition) is 3. The van der Waals surface area contributed by atoms with Gasteiger partial charge in [0.1, 0.15) is 24.5 Å². The van der Waals surface area contributed by atoms with E-state index in [1.807, 2.05) is 0 Å². The Labute approximate surface area is 111 Å². The van der Waals surface area contributed by atoms with Crippen molar-refractivity contribution < 1.29 is 18.3 Å². The third-order valence-corrected chi connectivity index (χ3v) is 3.25. The zero-order chi connectivity index (χ0) is 13.9. The Bertz CT molecular complexity index is 548. The van der Waals surface area contributed by atoms with Crippen LogP contribution >= 0.6 is 0 Å². The summed E-state index contributed by atoms with van der Waals surface area (Å²) in [6, 6.07) is 5.38. The van der Waals surface area contributed by atoms with Gasteiger partial charge in [-0.2, -0.15) is 0 Å². The summed E-state index contributed by atoms with van der Waals surface area (Å²) in [7, 11) is 5.28. The first-order chi connectivity index (χ1) is 9.15. The number of fused-ring (bicyclic) bond motifs is 1. The summed E-state index contributed by atoms with van der Waals surface area (Å²) >= 11 is 0. The molecule has 0 fully saturated rings. The van der Waals surface area contributed by atoms with Crippen LogP contribution in [0.15, 0.2) is 34.9 Å². The maximum Gasteiger partial charge on any atom is 0.136 e. The lowest BCUT2D eigenvalue weighted by molar-refractivity contribution is -0.0301. The Morgan fingerprint density at radius 3 is 2.79 bits per heavy atom. The SMILES string of the molecule is [B]CNC(CF)C(O)(CF)c1ccc2ccoc2c1. The molecular weight excluding hydrogens is 251 g/mol. The van der Waals surface area contributed by atoms with Gasteiger partial charge in [0.15, 0.2) is 0 Å². The lowest BCUT2D eigenvalue weighted by atomic mass is 9.87. The zero-order valence-electron chi connectivity index (χ0n) is 10.3. The molecule has 1 aromatic carbocycles. The van der Waals surface area contributed by atoms with Crippen molar-refractivity contribution in [1.29, 1.82) is 0 Å². The summed E-state index contributed by atoms with van der Waals surface area (Å²) in [4.78, 5) is 0. The molecule has 0 spiro atoms. The van der Waals surface area contributed by atoms with Crippen LogP contribution in [0.25, 0.3) is 11.0 Å². The van der Waals surface area contributed by atoms with Crippen molar-refractivity contribution >= 4 is 18.8 Å². The molecule has 1 heterocycles. The topological polar surface area (TPSA) is 45.4 Å². The van der Waals surface area contributed by atoms with Gasteiger partial charge in [0, 0.05) is 5.39 Å². The number of alkyl halides is 2. The van der Waals surface area contributed by atoms with Gasteiger partial charge in [0.05, 0.1) is 20.2 Å².